The van der Waals surface area contributed by atoms with Crippen molar-refractivity contribution in [2.45, 2.75) is 18.9 Å². The van der Waals surface area contributed by atoms with Gasteiger partial charge in [-0.1, -0.05) is 12.1 Å². The molecule has 3 aromatic rings. The summed E-state index contributed by atoms with van der Waals surface area (Å²) < 4.78 is 11.0. The van der Waals surface area contributed by atoms with E-state index in [2.05, 4.69) is 37.6 Å². The minimum Gasteiger partial charge on any atom is -0.378 e. The summed E-state index contributed by atoms with van der Waals surface area (Å²) >= 11 is 0. The Morgan fingerprint density at radius 2 is 1.79 bits per heavy atom. The fourth-order valence-corrected chi connectivity index (χ4v) is 4.19. The third-order valence-electron chi connectivity index (χ3n) is 6.11. The number of hydrogen-bond donors (Lipinski definition) is 2. The van der Waals surface area contributed by atoms with Gasteiger partial charge in [-0.2, -0.15) is 0 Å². The normalized spacial score (nSPS) is 18.0. The summed E-state index contributed by atoms with van der Waals surface area (Å²) in [4.78, 5) is 23.7. The molecule has 5 rings (SSSR count). The fraction of sp³-hybridized carbons (Fsp3) is 0.346. The standard InChI is InChI=1S/C26H29N5O3/c32-25(28-18-23-2-1-15-34-23)20-5-3-19(4-6-20)24-11-12-27-26(30-24)29-21-7-9-22(10-8-21)31-13-16-33-17-14-31/h3-12,23H,1-2,13-18H2,(H,28,32)(H,27,29,30). The van der Waals surface area contributed by atoms with Crippen molar-refractivity contribution in [1.29, 1.82) is 0 Å². The molecule has 2 fully saturated rings. The highest BCUT2D eigenvalue weighted by Crippen LogP contribution is 2.23. The van der Waals surface area contributed by atoms with Crippen molar-refractivity contribution in [1.82, 2.24) is 15.3 Å². The molecule has 8 heteroatoms. The molecule has 0 saturated carbocycles. The number of ether oxygens (including phenoxy) is 2. The zero-order valence-electron chi connectivity index (χ0n) is 19.1. The molecule has 1 amide bonds. The van der Waals surface area contributed by atoms with Gasteiger partial charge in [0, 0.05) is 54.9 Å². The lowest BCUT2D eigenvalue weighted by Gasteiger charge is -2.28. The van der Waals surface area contributed by atoms with E-state index in [9.17, 15) is 4.79 Å². The van der Waals surface area contributed by atoms with Crippen molar-refractivity contribution >= 4 is 23.2 Å². The lowest BCUT2D eigenvalue weighted by Crippen LogP contribution is -2.36. The highest BCUT2D eigenvalue weighted by atomic mass is 16.5. The average Bonchev–Trinajstić information content (AvgIpc) is 3.42. The predicted octanol–water partition coefficient (Wildman–Crippen LogP) is 3.63. The summed E-state index contributed by atoms with van der Waals surface area (Å²) in [6, 6.07) is 17.6. The van der Waals surface area contributed by atoms with Crippen LogP contribution < -0.4 is 15.5 Å². The zero-order chi connectivity index (χ0) is 23.2. The largest absolute Gasteiger partial charge is 0.378 e. The van der Waals surface area contributed by atoms with Crippen molar-refractivity contribution in [2.24, 2.45) is 0 Å². The van der Waals surface area contributed by atoms with E-state index in [1.807, 2.05) is 42.5 Å². The molecular weight excluding hydrogens is 430 g/mol. The molecule has 3 heterocycles. The summed E-state index contributed by atoms with van der Waals surface area (Å²) in [6.07, 6.45) is 3.92. The Labute approximate surface area is 199 Å². The molecule has 2 aromatic carbocycles. The van der Waals surface area contributed by atoms with Crippen molar-refractivity contribution in [3.8, 4) is 11.3 Å². The van der Waals surface area contributed by atoms with Crippen LogP contribution in [0.25, 0.3) is 11.3 Å². The van der Waals surface area contributed by atoms with Crippen LogP contribution in [0.4, 0.5) is 17.3 Å². The minimum absolute atomic E-state index is 0.0902. The number of carbonyl (C=O) groups is 1. The lowest BCUT2D eigenvalue weighted by molar-refractivity contribution is 0.0858. The van der Waals surface area contributed by atoms with Gasteiger partial charge in [-0.05, 0) is 55.3 Å². The second kappa shape index (κ2) is 10.6. The van der Waals surface area contributed by atoms with Crippen molar-refractivity contribution < 1.29 is 14.3 Å². The molecule has 2 saturated heterocycles. The maximum atomic E-state index is 12.4. The van der Waals surface area contributed by atoms with Crippen LogP contribution in [-0.4, -0.2) is 61.4 Å². The van der Waals surface area contributed by atoms with Gasteiger partial charge in [0.25, 0.3) is 5.91 Å². The van der Waals surface area contributed by atoms with Crippen molar-refractivity contribution in [3.05, 3.63) is 66.4 Å². The van der Waals surface area contributed by atoms with Gasteiger partial charge in [-0.15, -0.1) is 0 Å². The number of hydrogen-bond acceptors (Lipinski definition) is 7. The summed E-state index contributed by atoms with van der Waals surface area (Å²) in [7, 11) is 0. The first-order valence-corrected chi connectivity index (χ1v) is 11.8. The second-order valence-electron chi connectivity index (χ2n) is 8.46. The third kappa shape index (κ3) is 5.52. The second-order valence-corrected chi connectivity index (χ2v) is 8.46. The van der Waals surface area contributed by atoms with Crippen LogP contribution in [0.15, 0.2) is 60.8 Å². The number of nitrogens with one attached hydrogen (secondary N) is 2. The van der Waals surface area contributed by atoms with E-state index in [-0.39, 0.29) is 12.0 Å². The maximum Gasteiger partial charge on any atom is 0.251 e. The molecule has 2 aliphatic heterocycles. The predicted molar refractivity (Wildman–Crippen MR) is 132 cm³/mol. The van der Waals surface area contributed by atoms with E-state index in [4.69, 9.17) is 9.47 Å². The molecule has 8 nitrogen and oxygen atoms in total. The highest BCUT2D eigenvalue weighted by Gasteiger charge is 2.17. The van der Waals surface area contributed by atoms with E-state index in [0.29, 0.717) is 18.1 Å². The van der Waals surface area contributed by atoms with Crippen LogP contribution in [0.5, 0.6) is 0 Å². The fourth-order valence-electron chi connectivity index (χ4n) is 4.19. The van der Waals surface area contributed by atoms with Gasteiger partial charge in [-0.25, -0.2) is 9.97 Å². The van der Waals surface area contributed by atoms with Crippen LogP contribution >= 0.6 is 0 Å². The van der Waals surface area contributed by atoms with Gasteiger partial charge in [0.05, 0.1) is 25.0 Å². The first-order chi connectivity index (χ1) is 16.7. The molecule has 0 aliphatic carbocycles. The van der Waals surface area contributed by atoms with E-state index in [0.717, 1.165) is 62.7 Å². The Hall–Kier alpha value is -3.49. The van der Waals surface area contributed by atoms with E-state index in [1.54, 1.807) is 6.20 Å². The quantitative estimate of drug-likeness (QED) is 0.558. The Bertz CT molecular complexity index is 1090. The minimum atomic E-state index is -0.0902. The summed E-state index contributed by atoms with van der Waals surface area (Å²) in [6.45, 7) is 4.68. The van der Waals surface area contributed by atoms with E-state index < -0.39 is 0 Å². The molecule has 1 atom stereocenters. The van der Waals surface area contributed by atoms with Crippen LogP contribution in [0, 0.1) is 0 Å². The summed E-state index contributed by atoms with van der Waals surface area (Å²) in [5.41, 5.74) is 4.43. The topological polar surface area (TPSA) is 88.6 Å². The van der Waals surface area contributed by atoms with Gasteiger partial charge in [0.2, 0.25) is 5.95 Å². The Balaban J connectivity index is 1.21. The maximum absolute atomic E-state index is 12.4. The molecule has 2 N–H and O–H groups in total. The summed E-state index contributed by atoms with van der Waals surface area (Å²) in [5, 5.41) is 6.23. The molecule has 34 heavy (non-hydrogen) atoms. The molecule has 2 aliphatic rings. The summed E-state index contributed by atoms with van der Waals surface area (Å²) in [5.74, 6) is 0.433. The molecule has 0 bridgehead atoms. The lowest BCUT2D eigenvalue weighted by atomic mass is 10.1. The molecule has 0 spiro atoms. The molecule has 1 unspecified atom stereocenters. The Kier molecular flexibility index (Phi) is 6.97. The number of benzene rings is 2. The van der Waals surface area contributed by atoms with Crippen LogP contribution in [-0.2, 0) is 9.47 Å². The monoisotopic (exact) mass is 459 g/mol. The number of amides is 1. The number of nitrogens with zero attached hydrogens (tertiary/aromatic N) is 3. The van der Waals surface area contributed by atoms with Gasteiger partial charge >= 0.3 is 0 Å². The SMILES string of the molecule is O=C(NCC1CCCO1)c1ccc(-c2ccnc(Nc3ccc(N4CCOCC4)cc3)n2)cc1. The van der Waals surface area contributed by atoms with Gasteiger partial charge in [0.1, 0.15) is 0 Å². The third-order valence-corrected chi connectivity index (χ3v) is 6.11. The highest BCUT2D eigenvalue weighted by molar-refractivity contribution is 5.94. The zero-order valence-corrected chi connectivity index (χ0v) is 19.1. The van der Waals surface area contributed by atoms with Crippen LogP contribution in [0.3, 0.4) is 0 Å². The molecule has 1 aromatic heterocycles. The first-order valence-electron chi connectivity index (χ1n) is 11.8. The Morgan fingerprint density at radius 1 is 1.00 bits per heavy atom. The molecule has 0 radical (unpaired) electrons. The van der Waals surface area contributed by atoms with Crippen molar-refractivity contribution in [3.63, 3.8) is 0 Å². The number of carbonyl (C=O) groups excluding carboxylic acids is 1. The number of anilines is 3. The first kappa shape index (κ1) is 22.3. The van der Waals surface area contributed by atoms with Gasteiger partial charge in [-0.3, -0.25) is 4.79 Å². The Morgan fingerprint density at radius 3 is 2.53 bits per heavy atom. The average molecular weight is 460 g/mol. The number of aromatic nitrogens is 2. The van der Waals surface area contributed by atoms with Gasteiger partial charge in [0.15, 0.2) is 0 Å². The van der Waals surface area contributed by atoms with Crippen LogP contribution in [0.1, 0.15) is 23.2 Å². The van der Waals surface area contributed by atoms with E-state index in [1.165, 1.54) is 5.69 Å². The van der Waals surface area contributed by atoms with E-state index >= 15 is 0 Å². The number of rotatable bonds is 7. The van der Waals surface area contributed by atoms with Gasteiger partial charge < -0.3 is 25.0 Å². The van der Waals surface area contributed by atoms with Crippen molar-refractivity contribution in [2.75, 3.05) is 49.7 Å². The van der Waals surface area contributed by atoms with Crippen LogP contribution in [0.2, 0.25) is 0 Å². The molecular formula is C26H29N5O3. The smallest absolute Gasteiger partial charge is 0.251 e. The molecule has 176 valence electrons. The number of morpholine rings is 1.